The van der Waals surface area contributed by atoms with E-state index in [0.29, 0.717) is 26.2 Å². The topological polar surface area (TPSA) is 70.6 Å². The Balaban J connectivity index is 1.39. The van der Waals surface area contributed by atoms with E-state index in [1.165, 1.54) is 5.56 Å². The summed E-state index contributed by atoms with van der Waals surface area (Å²) in [6, 6.07) is 12.8. The molecule has 0 atom stereocenters. The molecule has 1 saturated heterocycles. The van der Waals surface area contributed by atoms with Crippen LogP contribution >= 0.6 is 11.3 Å². The molecule has 3 aromatic rings. The Bertz CT molecular complexity index is 1150. The molecule has 0 unspecified atom stereocenters. The van der Waals surface area contributed by atoms with Gasteiger partial charge in [0.2, 0.25) is 5.91 Å². The third kappa shape index (κ3) is 4.28. The van der Waals surface area contributed by atoms with E-state index in [0.717, 1.165) is 20.9 Å². The summed E-state index contributed by atoms with van der Waals surface area (Å²) in [6.07, 6.45) is 0. The number of hydrogen-bond donors (Lipinski definition) is 0. The first-order valence-electron chi connectivity index (χ1n) is 9.51. The summed E-state index contributed by atoms with van der Waals surface area (Å²) in [7, 11) is -3.63. The number of thiazole rings is 1. The van der Waals surface area contributed by atoms with Crippen LogP contribution in [0.4, 0.5) is 5.13 Å². The standard InChI is InChI=1S/C21H23N3O3S2/c1-15-3-6-17(7-4-15)29(26,27)14-20(25)23-9-11-24(12-10-23)21-22-18-8-5-16(2)13-19(18)28-21/h3-8,13H,9-12,14H2,1-2H3. The molecule has 2 heterocycles. The van der Waals surface area contributed by atoms with Crippen LogP contribution in [-0.4, -0.2) is 56.1 Å². The van der Waals surface area contributed by atoms with Crippen LogP contribution in [-0.2, 0) is 14.6 Å². The summed E-state index contributed by atoms with van der Waals surface area (Å²) in [6.45, 7) is 6.25. The number of carbonyl (C=O) groups is 1. The zero-order valence-corrected chi connectivity index (χ0v) is 18.1. The van der Waals surface area contributed by atoms with Gasteiger partial charge in [0.1, 0.15) is 5.75 Å². The average Bonchev–Trinajstić information content (AvgIpc) is 3.11. The van der Waals surface area contributed by atoms with E-state index in [-0.39, 0.29) is 10.8 Å². The van der Waals surface area contributed by atoms with Crippen molar-refractivity contribution in [2.24, 2.45) is 0 Å². The van der Waals surface area contributed by atoms with E-state index >= 15 is 0 Å². The van der Waals surface area contributed by atoms with Gasteiger partial charge in [-0.3, -0.25) is 4.79 Å². The minimum atomic E-state index is -3.63. The number of carbonyl (C=O) groups excluding carboxylic acids is 1. The van der Waals surface area contributed by atoms with Crippen LogP contribution < -0.4 is 4.90 Å². The normalized spacial score (nSPS) is 15.1. The van der Waals surface area contributed by atoms with Crippen LogP contribution in [0.25, 0.3) is 10.2 Å². The van der Waals surface area contributed by atoms with Gasteiger partial charge in [0.25, 0.3) is 0 Å². The highest BCUT2D eigenvalue weighted by atomic mass is 32.2. The first kappa shape index (κ1) is 19.8. The van der Waals surface area contributed by atoms with E-state index in [4.69, 9.17) is 4.98 Å². The second kappa shape index (κ2) is 7.76. The lowest BCUT2D eigenvalue weighted by atomic mass is 10.2. The largest absolute Gasteiger partial charge is 0.345 e. The average molecular weight is 430 g/mol. The maximum absolute atomic E-state index is 12.6. The van der Waals surface area contributed by atoms with Crippen molar-refractivity contribution in [3.8, 4) is 0 Å². The van der Waals surface area contributed by atoms with Gasteiger partial charge in [0.05, 0.1) is 15.1 Å². The molecular weight excluding hydrogens is 406 g/mol. The van der Waals surface area contributed by atoms with E-state index in [1.807, 2.05) is 13.0 Å². The van der Waals surface area contributed by atoms with Gasteiger partial charge >= 0.3 is 0 Å². The fraction of sp³-hybridized carbons (Fsp3) is 0.333. The van der Waals surface area contributed by atoms with Crippen molar-refractivity contribution in [1.82, 2.24) is 9.88 Å². The zero-order valence-electron chi connectivity index (χ0n) is 16.5. The van der Waals surface area contributed by atoms with Crippen LogP contribution in [0.2, 0.25) is 0 Å². The highest BCUT2D eigenvalue weighted by molar-refractivity contribution is 7.92. The number of nitrogens with zero attached hydrogens (tertiary/aromatic N) is 3. The molecule has 1 fully saturated rings. The Morgan fingerprint density at radius 3 is 2.34 bits per heavy atom. The molecule has 0 radical (unpaired) electrons. The summed E-state index contributed by atoms with van der Waals surface area (Å²) < 4.78 is 26.2. The highest BCUT2D eigenvalue weighted by Crippen LogP contribution is 2.30. The molecule has 0 bridgehead atoms. The Kier molecular flexibility index (Phi) is 5.31. The lowest BCUT2D eigenvalue weighted by Gasteiger charge is -2.34. The number of aryl methyl sites for hydroxylation is 2. The molecule has 152 valence electrons. The number of sulfone groups is 1. The molecule has 1 aliphatic heterocycles. The minimum absolute atomic E-state index is 0.194. The van der Waals surface area contributed by atoms with Gasteiger partial charge in [-0.15, -0.1) is 0 Å². The first-order valence-corrected chi connectivity index (χ1v) is 12.0. The lowest BCUT2D eigenvalue weighted by molar-refractivity contribution is -0.128. The number of anilines is 1. The van der Waals surface area contributed by atoms with Crippen LogP contribution in [0.5, 0.6) is 0 Å². The molecule has 0 spiro atoms. The second-order valence-corrected chi connectivity index (χ2v) is 10.4. The first-order chi connectivity index (χ1) is 13.8. The van der Waals surface area contributed by atoms with Crippen molar-refractivity contribution in [1.29, 1.82) is 0 Å². The van der Waals surface area contributed by atoms with E-state index < -0.39 is 15.6 Å². The molecule has 0 saturated carbocycles. The molecule has 1 aromatic heterocycles. The van der Waals surface area contributed by atoms with Gasteiger partial charge in [-0.1, -0.05) is 35.1 Å². The summed E-state index contributed by atoms with van der Waals surface area (Å²) in [5.41, 5.74) is 3.17. The monoisotopic (exact) mass is 429 g/mol. The second-order valence-electron chi connectivity index (χ2n) is 7.41. The molecule has 4 rings (SSSR count). The van der Waals surface area contributed by atoms with Gasteiger partial charge in [-0.05, 0) is 43.7 Å². The van der Waals surface area contributed by atoms with Gasteiger partial charge in [-0.2, -0.15) is 0 Å². The van der Waals surface area contributed by atoms with Crippen molar-refractivity contribution < 1.29 is 13.2 Å². The Labute approximate surface area is 174 Å². The number of amides is 1. The summed E-state index contributed by atoms with van der Waals surface area (Å²) >= 11 is 1.65. The predicted molar refractivity (Wildman–Crippen MR) is 116 cm³/mol. The number of fused-ring (bicyclic) bond motifs is 1. The quantitative estimate of drug-likeness (QED) is 0.638. The van der Waals surface area contributed by atoms with Crippen LogP contribution in [0.3, 0.4) is 0 Å². The van der Waals surface area contributed by atoms with Crippen molar-refractivity contribution in [2.75, 3.05) is 36.8 Å². The highest BCUT2D eigenvalue weighted by Gasteiger charge is 2.27. The minimum Gasteiger partial charge on any atom is -0.345 e. The molecule has 0 aliphatic carbocycles. The van der Waals surface area contributed by atoms with Crippen molar-refractivity contribution in [3.05, 3.63) is 53.6 Å². The molecule has 0 N–H and O–H groups in total. The fourth-order valence-electron chi connectivity index (χ4n) is 3.38. The number of aromatic nitrogens is 1. The van der Waals surface area contributed by atoms with Gasteiger partial charge < -0.3 is 9.80 Å². The molecule has 29 heavy (non-hydrogen) atoms. The smallest absolute Gasteiger partial charge is 0.238 e. The van der Waals surface area contributed by atoms with Crippen LogP contribution in [0, 0.1) is 13.8 Å². The van der Waals surface area contributed by atoms with Crippen molar-refractivity contribution in [2.45, 2.75) is 18.7 Å². The summed E-state index contributed by atoms with van der Waals surface area (Å²) in [4.78, 5) is 21.3. The Hall–Kier alpha value is -2.45. The molecule has 8 heteroatoms. The van der Waals surface area contributed by atoms with Crippen molar-refractivity contribution >= 4 is 42.4 Å². The zero-order chi connectivity index (χ0) is 20.6. The molecule has 1 aliphatic rings. The maximum atomic E-state index is 12.6. The third-order valence-electron chi connectivity index (χ3n) is 5.13. The van der Waals surface area contributed by atoms with Gasteiger partial charge in [-0.25, -0.2) is 13.4 Å². The predicted octanol–water partition coefficient (Wildman–Crippen LogP) is 3.04. The number of piperazine rings is 1. The van der Waals surface area contributed by atoms with E-state index in [9.17, 15) is 13.2 Å². The van der Waals surface area contributed by atoms with Crippen LogP contribution in [0.15, 0.2) is 47.4 Å². The fourth-order valence-corrected chi connectivity index (χ4v) is 5.73. The third-order valence-corrected chi connectivity index (χ3v) is 7.83. The van der Waals surface area contributed by atoms with Gasteiger partial charge in [0.15, 0.2) is 15.0 Å². The number of hydrogen-bond acceptors (Lipinski definition) is 6. The SMILES string of the molecule is Cc1ccc(S(=O)(=O)CC(=O)N2CCN(c3nc4ccc(C)cc4s3)CC2)cc1. The van der Waals surface area contributed by atoms with E-state index in [1.54, 1.807) is 40.5 Å². The summed E-state index contributed by atoms with van der Waals surface area (Å²) in [5, 5.41) is 0.949. The van der Waals surface area contributed by atoms with E-state index in [2.05, 4.69) is 24.0 Å². The molecular formula is C21H23N3O3S2. The lowest BCUT2D eigenvalue weighted by Crippen LogP contribution is -2.50. The number of rotatable bonds is 4. The Morgan fingerprint density at radius 2 is 1.66 bits per heavy atom. The van der Waals surface area contributed by atoms with Crippen LogP contribution in [0.1, 0.15) is 11.1 Å². The van der Waals surface area contributed by atoms with Crippen molar-refractivity contribution in [3.63, 3.8) is 0 Å². The molecule has 6 nitrogen and oxygen atoms in total. The Morgan fingerprint density at radius 1 is 1.00 bits per heavy atom. The molecule has 2 aromatic carbocycles. The van der Waals surface area contributed by atoms with Gasteiger partial charge in [0, 0.05) is 26.2 Å². The molecule has 1 amide bonds. The number of benzene rings is 2. The summed E-state index contributed by atoms with van der Waals surface area (Å²) in [5.74, 6) is -0.832. The maximum Gasteiger partial charge on any atom is 0.238 e.